The van der Waals surface area contributed by atoms with Crippen LogP contribution in [0.3, 0.4) is 0 Å². The molecule has 1 N–H and O–H groups in total. The number of amides is 1. The quantitative estimate of drug-likeness (QED) is 0.836. The van der Waals surface area contributed by atoms with Gasteiger partial charge in [0, 0.05) is 24.8 Å². The predicted octanol–water partition coefficient (Wildman–Crippen LogP) is 3.70. The molecule has 0 bridgehead atoms. The van der Waals surface area contributed by atoms with Gasteiger partial charge in [0.15, 0.2) is 11.6 Å². The molecule has 150 valence electrons. The van der Waals surface area contributed by atoms with E-state index in [1.807, 2.05) is 6.92 Å². The van der Waals surface area contributed by atoms with Crippen LogP contribution >= 0.6 is 0 Å². The third-order valence-electron chi connectivity index (χ3n) is 4.51. The van der Waals surface area contributed by atoms with Gasteiger partial charge in [0.1, 0.15) is 5.75 Å². The topological polar surface area (TPSA) is 63.7 Å². The second-order valence-corrected chi connectivity index (χ2v) is 6.48. The van der Waals surface area contributed by atoms with E-state index >= 15 is 0 Å². The van der Waals surface area contributed by atoms with Crippen LogP contribution in [0.25, 0.3) is 0 Å². The molecule has 1 aliphatic rings. The summed E-state index contributed by atoms with van der Waals surface area (Å²) in [6, 6.07) is 8.59. The number of anilines is 1. The summed E-state index contributed by atoms with van der Waals surface area (Å²) in [7, 11) is 1.53. The highest BCUT2D eigenvalue weighted by atomic mass is 19.4. The number of nitrogens with one attached hydrogen (secondary N) is 1. The number of rotatable bonds is 5. The maximum atomic E-state index is 12.9. The molecule has 0 spiro atoms. The average Bonchev–Trinajstić information content (AvgIpc) is 3.01. The molecule has 1 amide bonds. The van der Waals surface area contributed by atoms with E-state index in [4.69, 9.17) is 4.74 Å². The summed E-state index contributed by atoms with van der Waals surface area (Å²) in [4.78, 5) is 18.7. The van der Waals surface area contributed by atoms with Crippen LogP contribution in [-0.2, 0) is 0 Å². The number of methoxy groups -OCH3 is 1. The molecule has 28 heavy (non-hydrogen) atoms. The fourth-order valence-electron chi connectivity index (χ4n) is 3.29. The monoisotopic (exact) mass is 395 g/mol. The molecular weight excluding hydrogens is 375 g/mol. The van der Waals surface area contributed by atoms with Crippen molar-refractivity contribution in [2.75, 3.05) is 19.0 Å². The van der Waals surface area contributed by atoms with E-state index in [-0.39, 0.29) is 17.6 Å². The van der Waals surface area contributed by atoms with Crippen molar-refractivity contribution in [3.8, 4) is 11.5 Å². The molecule has 1 aliphatic heterocycles. The number of para-hydroxylation sites is 1. The van der Waals surface area contributed by atoms with Crippen molar-refractivity contribution in [1.29, 1.82) is 0 Å². The first kappa shape index (κ1) is 19.8. The number of hydrogen-bond donors (Lipinski definition) is 1. The van der Waals surface area contributed by atoms with Crippen molar-refractivity contribution in [3.63, 3.8) is 0 Å². The summed E-state index contributed by atoms with van der Waals surface area (Å²) in [5.74, 6) is 0.112. The lowest BCUT2D eigenvalue weighted by Gasteiger charge is -2.23. The summed E-state index contributed by atoms with van der Waals surface area (Å²) in [5, 5.41) is 3.24. The Labute approximate surface area is 160 Å². The van der Waals surface area contributed by atoms with E-state index in [9.17, 15) is 18.0 Å². The molecule has 3 rings (SSSR count). The van der Waals surface area contributed by atoms with Crippen LogP contribution in [0.5, 0.6) is 11.5 Å². The van der Waals surface area contributed by atoms with E-state index in [0.717, 1.165) is 6.07 Å². The number of benzene rings is 1. The Morgan fingerprint density at radius 1 is 1.21 bits per heavy atom. The minimum atomic E-state index is -4.87. The Kier molecular flexibility index (Phi) is 5.62. The van der Waals surface area contributed by atoms with Crippen molar-refractivity contribution < 1.29 is 27.4 Å². The second kappa shape index (κ2) is 7.95. The van der Waals surface area contributed by atoms with E-state index in [2.05, 4.69) is 15.0 Å². The molecule has 6 nitrogen and oxygen atoms in total. The first-order valence-corrected chi connectivity index (χ1v) is 8.69. The van der Waals surface area contributed by atoms with E-state index in [1.54, 1.807) is 18.3 Å². The SMILES string of the molecule is COc1cccnc1N[C@@H]1C[C@@H](C)N(C(=O)c2ccccc2OC(F)(F)F)C1. The maximum Gasteiger partial charge on any atom is 0.573 e. The predicted molar refractivity (Wildman–Crippen MR) is 96.4 cm³/mol. The smallest absolute Gasteiger partial charge is 0.493 e. The third kappa shape index (κ3) is 4.47. The fourth-order valence-corrected chi connectivity index (χ4v) is 3.29. The van der Waals surface area contributed by atoms with Crippen LogP contribution < -0.4 is 14.8 Å². The van der Waals surface area contributed by atoms with E-state index in [0.29, 0.717) is 24.5 Å². The van der Waals surface area contributed by atoms with Gasteiger partial charge in [-0.05, 0) is 37.6 Å². The number of pyridine rings is 1. The molecule has 1 saturated heterocycles. The summed E-state index contributed by atoms with van der Waals surface area (Å²) in [6.07, 6.45) is -2.63. The highest BCUT2D eigenvalue weighted by Gasteiger charge is 2.37. The van der Waals surface area contributed by atoms with Gasteiger partial charge >= 0.3 is 6.36 Å². The van der Waals surface area contributed by atoms with E-state index in [1.165, 1.54) is 30.2 Å². The molecule has 0 aliphatic carbocycles. The molecule has 0 unspecified atom stereocenters. The normalized spacial score (nSPS) is 19.4. The minimum absolute atomic E-state index is 0.113. The number of alkyl halides is 3. The Morgan fingerprint density at radius 2 is 1.93 bits per heavy atom. The van der Waals surface area contributed by atoms with Gasteiger partial charge in [0.25, 0.3) is 5.91 Å². The lowest BCUT2D eigenvalue weighted by Crippen LogP contribution is -2.35. The molecule has 2 heterocycles. The van der Waals surface area contributed by atoms with Gasteiger partial charge in [-0.25, -0.2) is 4.98 Å². The molecule has 1 aromatic carbocycles. The van der Waals surface area contributed by atoms with Crippen molar-refractivity contribution in [2.45, 2.75) is 31.8 Å². The fraction of sp³-hybridized carbons (Fsp3) is 0.368. The van der Waals surface area contributed by atoms with Crippen LogP contribution in [0.2, 0.25) is 0 Å². The van der Waals surface area contributed by atoms with Crippen molar-refractivity contribution in [1.82, 2.24) is 9.88 Å². The highest BCUT2D eigenvalue weighted by molar-refractivity contribution is 5.97. The molecule has 0 radical (unpaired) electrons. The van der Waals surface area contributed by atoms with Crippen molar-refractivity contribution >= 4 is 11.7 Å². The van der Waals surface area contributed by atoms with Crippen molar-refractivity contribution in [2.24, 2.45) is 0 Å². The summed E-state index contributed by atoms with van der Waals surface area (Å²) < 4.78 is 47.2. The zero-order valence-electron chi connectivity index (χ0n) is 15.4. The Hall–Kier alpha value is -2.97. The molecule has 2 atom stereocenters. The Bertz CT molecular complexity index is 844. The number of hydrogen-bond acceptors (Lipinski definition) is 5. The molecule has 1 aromatic heterocycles. The standard InChI is InChI=1S/C19H20F3N3O3/c1-12-10-13(24-17-16(27-2)8-5-9-23-17)11-25(12)18(26)14-6-3-4-7-15(14)28-19(20,21)22/h3-9,12-13H,10-11H2,1-2H3,(H,23,24)/t12-,13-/m1/s1. The largest absolute Gasteiger partial charge is 0.573 e. The van der Waals surface area contributed by atoms with Gasteiger partial charge in [-0.1, -0.05) is 12.1 Å². The van der Waals surface area contributed by atoms with Crippen LogP contribution in [-0.4, -0.2) is 47.9 Å². The maximum absolute atomic E-state index is 12.9. The Morgan fingerprint density at radius 3 is 2.64 bits per heavy atom. The van der Waals surface area contributed by atoms with E-state index < -0.39 is 18.0 Å². The lowest BCUT2D eigenvalue weighted by atomic mass is 10.1. The van der Waals surface area contributed by atoms with Gasteiger partial charge in [-0.2, -0.15) is 0 Å². The molecule has 9 heteroatoms. The number of likely N-dealkylation sites (tertiary alicyclic amines) is 1. The number of carbonyl (C=O) groups excluding carboxylic acids is 1. The van der Waals surface area contributed by atoms with Crippen LogP contribution in [0.15, 0.2) is 42.6 Å². The third-order valence-corrected chi connectivity index (χ3v) is 4.51. The van der Waals surface area contributed by atoms with Gasteiger partial charge in [0.2, 0.25) is 0 Å². The first-order chi connectivity index (χ1) is 13.3. The first-order valence-electron chi connectivity index (χ1n) is 8.69. The Balaban J connectivity index is 1.75. The van der Waals surface area contributed by atoms with Crippen LogP contribution in [0.1, 0.15) is 23.7 Å². The second-order valence-electron chi connectivity index (χ2n) is 6.48. The van der Waals surface area contributed by atoms with Crippen molar-refractivity contribution in [3.05, 3.63) is 48.2 Å². The number of nitrogens with zero attached hydrogens (tertiary/aromatic N) is 2. The number of ether oxygens (including phenoxy) is 2. The molecule has 0 saturated carbocycles. The minimum Gasteiger partial charge on any atom is -0.493 e. The van der Waals surface area contributed by atoms with Gasteiger partial charge in [0.05, 0.1) is 12.7 Å². The summed E-state index contributed by atoms with van der Waals surface area (Å²) >= 11 is 0. The molecule has 2 aromatic rings. The number of carbonyl (C=O) groups is 1. The molecule has 1 fully saturated rings. The van der Waals surface area contributed by atoms with Crippen LogP contribution in [0.4, 0.5) is 19.0 Å². The highest BCUT2D eigenvalue weighted by Crippen LogP contribution is 2.30. The average molecular weight is 395 g/mol. The van der Waals surface area contributed by atoms with Gasteiger partial charge in [-0.3, -0.25) is 4.79 Å². The zero-order chi connectivity index (χ0) is 20.3. The zero-order valence-corrected chi connectivity index (χ0v) is 15.4. The van der Waals surface area contributed by atoms with Gasteiger partial charge < -0.3 is 19.7 Å². The summed E-state index contributed by atoms with van der Waals surface area (Å²) in [5.41, 5.74) is -0.122. The summed E-state index contributed by atoms with van der Waals surface area (Å²) in [6.45, 7) is 2.17. The van der Waals surface area contributed by atoms with Crippen LogP contribution in [0, 0.1) is 0 Å². The lowest BCUT2D eigenvalue weighted by molar-refractivity contribution is -0.274. The van der Waals surface area contributed by atoms with Gasteiger partial charge in [-0.15, -0.1) is 13.2 Å². The molecular formula is C19H20F3N3O3. The number of aromatic nitrogens is 1. The number of halogens is 3.